The number of hydrogen-bond donors (Lipinski definition) is 1. The number of carbonyl (C=O) groups is 1. The first-order valence-electron chi connectivity index (χ1n) is 11.7. The van der Waals surface area contributed by atoms with Crippen molar-refractivity contribution in [2.24, 2.45) is 5.92 Å². The van der Waals surface area contributed by atoms with Crippen molar-refractivity contribution in [3.8, 4) is 5.75 Å². The van der Waals surface area contributed by atoms with Crippen molar-refractivity contribution in [2.45, 2.75) is 43.5 Å². The Kier molecular flexibility index (Phi) is 7.55. The number of piperidine rings is 2. The van der Waals surface area contributed by atoms with E-state index in [1.807, 2.05) is 0 Å². The Bertz CT molecular complexity index is 1020. The molecule has 2 saturated heterocycles. The number of amides is 1. The molecule has 1 N–H and O–H groups in total. The molecule has 2 aliphatic rings. The van der Waals surface area contributed by atoms with E-state index in [9.17, 15) is 13.2 Å². The molecule has 0 aliphatic carbocycles. The summed E-state index contributed by atoms with van der Waals surface area (Å²) in [6.07, 6.45) is 4.85. The first-order valence-corrected chi connectivity index (χ1v) is 13.2. The van der Waals surface area contributed by atoms with Gasteiger partial charge in [0.1, 0.15) is 5.75 Å². The van der Waals surface area contributed by atoms with Crippen LogP contribution in [0.15, 0.2) is 53.4 Å². The van der Waals surface area contributed by atoms with Gasteiger partial charge in [-0.2, -0.15) is 4.31 Å². The van der Waals surface area contributed by atoms with Gasteiger partial charge >= 0.3 is 0 Å². The summed E-state index contributed by atoms with van der Waals surface area (Å²) in [6, 6.07) is 14.8. The lowest BCUT2D eigenvalue weighted by Crippen LogP contribution is -2.42. The zero-order valence-corrected chi connectivity index (χ0v) is 20.0. The van der Waals surface area contributed by atoms with Crippen molar-refractivity contribution in [1.82, 2.24) is 9.62 Å². The molecule has 178 valence electrons. The van der Waals surface area contributed by atoms with Gasteiger partial charge in [-0.05, 0) is 74.1 Å². The van der Waals surface area contributed by atoms with Gasteiger partial charge in [-0.15, -0.1) is 0 Å². The quantitative estimate of drug-likeness (QED) is 0.670. The largest absolute Gasteiger partial charge is 0.497 e. The highest BCUT2D eigenvalue weighted by atomic mass is 32.2. The van der Waals surface area contributed by atoms with Crippen molar-refractivity contribution < 1.29 is 17.9 Å². The number of ether oxygens (including phenoxy) is 1. The third kappa shape index (κ3) is 5.68. The molecule has 0 saturated carbocycles. The Hall–Kier alpha value is -2.58. The maximum absolute atomic E-state index is 12.9. The third-order valence-corrected chi connectivity index (χ3v) is 8.56. The van der Waals surface area contributed by atoms with Crippen LogP contribution in [0, 0.1) is 5.92 Å². The average Bonchev–Trinajstić information content (AvgIpc) is 2.88. The minimum absolute atomic E-state index is 0.00315. The molecule has 2 aliphatic heterocycles. The smallest absolute Gasteiger partial charge is 0.243 e. The minimum Gasteiger partial charge on any atom is -0.497 e. The lowest BCUT2D eigenvalue weighted by molar-refractivity contribution is -0.126. The van der Waals surface area contributed by atoms with Crippen molar-refractivity contribution >= 4 is 21.6 Å². The van der Waals surface area contributed by atoms with E-state index < -0.39 is 10.0 Å². The third-order valence-electron chi connectivity index (χ3n) is 6.65. The predicted molar refractivity (Wildman–Crippen MR) is 129 cm³/mol. The Balaban J connectivity index is 1.26. The molecule has 0 unspecified atom stereocenters. The summed E-state index contributed by atoms with van der Waals surface area (Å²) in [7, 11) is -2.02. The average molecular weight is 472 g/mol. The number of carbonyl (C=O) groups excluding carboxylic acids is 1. The number of hydrogen-bond acceptors (Lipinski definition) is 5. The van der Waals surface area contributed by atoms with Gasteiger partial charge < -0.3 is 15.0 Å². The Morgan fingerprint density at radius 1 is 0.939 bits per heavy atom. The molecule has 0 spiro atoms. The summed E-state index contributed by atoms with van der Waals surface area (Å²) in [5.41, 5.74) is 2.32. The van der Waals surface area contributed by atoms with Gasteiger partial charge in [-0.1, -0.05) is 12.1 Å². The van der Waals surface area contributed by atoms with E-state index in [4.69, 9.17) is 4.74 Å². The first kappa shape index (κ1) is 23.6. The highest BCUT2D eigenvalue weighted by molar-refractivity contribution is 7.89. The second-order valence-electron chi connectivity index (χ2n) is 8.79. The summed E-state index contributed by atoms with van der Waals surface area (Å²) in [6.45, 7) is 3.41. The predicted octanol–water partition coefficient (Wildman–Crippen LogP) is 3.40. The molecule has 2 fully saturated rings. The van der Waals surface area contributed by atoms with E-state index >= 15 is 0 Å². The molecule has 33 heavy (non-hydrogen) atoms. The van der Waals surface area contributed by atoms with E-state index in [1.54, 1.807) is 31.4 Å². The number of nitrogens with one attached hydrogen (secondary N) is 1. The van der Waals surface area contributed by atoms with Crippen LogP contribution in [0.2, 0.25) is 0 Å². The summed E-state index contributed by atoms with van der Waals surface area (Å²) in [5, 5.41) is 3.03. The van der Waals surface area contributed by atoms with Gasteiger partial charge in [0.2, 0.25) is 15.9 Å². The maximum atomic E-state index is 12.9. The zero-order valence-electron chi connectivity index (χ0n) is 19.2. The maximum Gasteiger partial charge on any atom is 0.243 e. The fourth-order valence-electron chi connectivity index (χ4n) is 4.57. The standard InChI is InChI=1S/C25H33N3O4S/c1-32-23-9-11-24(12-10-23)33(30,31)28-17-13-21(14-18-28)25(29)26-19-20-5-7-22(8-6-20)27-15-3-2-4-16-27/h5-12,21H,2-4,13-19H2,1H3,(H,26,29). The van der Waals surface area contributed by atoms with Gasteiger partial charge in [0, 0.05) is 44.3 Å². The van der Waals surface area contributed by atoms with E-state index in [0.717, 1.165) is 18.7 Å². The number of rotatable bonds is 7. The van der Waals surface area contributed by atoms with Crippen LogP contribution in [0.4, 0.5) is 5.69 Å². The van der Waals surface area contributed by atoms with Gasteiger partial charge in [0.25, 0.3) is 0 Å². The number of anilines is 1. The number of methoxy groups -OCH3 is 1. The molecule has 0 aromatic heterocycles. The van der Waals surface area contributed by atoms with Crippen LogP contribution in [0.25, 0.3) is 0 Å². The normalized spacial score (nSPS) is 18.2. The summed E-state index contributed by atoms with van der Waals surface area (Å²) in [4.78, 5) is 15.3. The van der Waals surface area contributed by atoms with Crippen molar-refractivity contribution in [3.63, 3.8) is 0 Å². The molecule has 4 rings (SSSR count). The van der Waals surface area contributed by atoms with Gasteiger partial charge in [-0.25, -0.2) is 8.42 Å². The summed E-state index contributed by atoms with van der Waals surface area (Å²) in [5.74, 6) is 0.446. The molecule has 0 bridgehead atoms. The Morgan fingerprint density at radius 2 is 1.58 bits per heavy atom. The molecule has 8 heteroatoms. The van der Waals surface area contributed by atoms with Crippen molar-refractivity contribution in [1.29, 1.82) is 0 Å². The summed E-state index contributed by atoms with van der Waals surface area (Å²) >= 11 is 0. The van der Waals surface area contributed by atoms with Crippen molar-refractivity contribution in [3.05, 3.63) is 54.1 Å². The number of benzene rings is 2. The van der Waals surface area contributed by atoms with Crippen LogP contribution < -0.4 is 15.0 Å². The molecular weight excluding hydrogens is 438 g/mol. The molecular formula is C25H33N3O4S. The lowest BCUT2D eigenvalue weighted by Gasteiger charge is -2.30. The van der Waals surface area contributed by atoms with Crippen LogP contribution in [0.5, 0.6) is 5.75 Å². The Labute approximate surface area is 196 Å². The van der Waals surface area contributed by atoms with Gasteiger partial charge in [-0.3, -0.25) is 4.79 Å². The van der Waals surface area contributed by atoms with Gasteiger partial charge in [0.05, 0.1) is 12.0 Å². The molecule has 0 atom stereocenters. The van der Waals surface area contributed by atoms with E-state index in [0.29, 0.717) is 38.2 Å². The van der Waals surface area contributed by atoms with Crippen LogP contribution in [0.1, 0.15) is 37.7 Å². The monoisotopic (exact) mass is 471 g/mol. The van der Waals surface area contributed by atoms with Crippen LogP contribution in [-0.4, -0.2) is 51.9 Å². The molecule has 2 aromatic carbocycles. The molecule has 1 amide bonds. The fourth-order valence-corrected chi connectivity index (χ4v) is 6.04. The van der Waals surface area contributed by atoms with Crippen molar-refractivity contribution in [2.75, 3.05) is 38.2 Å². The van der Waals surface area contributed by atoms with Crippen LogP contribution in [0.3, 0.4) is 0 Å². The first-order chi connectivity index (χ1) is 16.0. The van der Waals surface area contributed by atoms with Crippen LogP contribution in [-0.2, 0) is 21.4 Å². The van der Waals surface area contributed by atoms with E-state index in [1.165, 1.54) is 29.3 Å². The lowest BCUT2D eigenvalue weighted by atomic mass is 9.97. The highest BCUT2D eigenvalue weighted by Crippen LogP contribution is 2.25. The van der Waals surface area contributed by atoms with E-state index in [-0.39, 0.29) is 16.7 Å². The second-order valence-corrected chi connectivity index (χ2v) is 10.7. The number of sulfonamides is 1. The summed E-state index contributed by atoms with van der Waals surface area (Å²) < 4.78 is 32.4. The Morgan fingerprint density at radius 3 is 2.18 bits per heavy atom. The van der Waals surface area contributed by atoms with Crippen LogP contribution >= 0.6 is 0 Å². The topological polar surface area (TPSA) is 79.0 Å². The molecule has 2 heterocycles. The molecule has 2 aromatic rings. The van der Waals surface area contributed by atoms with Gasteiger partial charge in [0.15, 0.2) is 0 Å². The zero-order chi connectivity index (χ0) is 23.3. The minimum atomic E-state index is -3.56. The SMILES string of the molecule is COc1ccc(S(=O)(=O)N2CCC(C(=O)NCc3ccc(N4CCCCC4)cc3)CC2)cc1. The second kappa shape index (κ2) is 10.6. The van der Waals surface area contributed by atoms with E-state index in [2.05, 4.69) is 34.5 Å². The molecule has 7 nitrogen and oxygen atoms in total. The highest BCUT2D eigenvalue weighted by Gasteiger charge is 2.32. The number of nitrogens with zero attached hydrogens (tertiary/aromatic N) is 2. The molecule has 0 radical (unpaired) electrons. The fraction of sp³-hybridized carbons (Fsp3) is 0.480.